The molecule has 5 rings (SSSR count). The predicted octanol–water partition coefficient (Wildman–Crippen LogP) is 4.41. The van der Waals surface area contributed by atoms with E-state index in [9.17, 15) is 4.79 Å². The first-order chi connectivity index (χ1) is 16.5. The van der Waals surface area contributed by atoms with Crippen molar-refractivity contribution < 1.29 is 9.18 Å². The number of anilines is 2. The van der Waals surface area contributed by atoms with Crippen LogP contribution in [-0.4, -0.2) is 49.9 Å². The number of alkyl halides is 1. The van der Waals surface area contributed by atoms with Crippen LogP contribution in [-0.2, 0) is 6.54 Å². The van der Waals surface area contributed by atoms with Gasteiger partial charge in [0.15, 0.2) is 6.17 Å². The Bertz CT molecular complexity index is 1290. The molecule has 1 aliphatic heterocycles. The lowest BCUT2D eigenvalue weighted by Crippen LogP contribution is -2.36. The Morgan fingerprint density at radius 3 is 2.68 bits per heavy atom. The van der Waals surface area contributed by atoms with Crippen LogP contribution in [0, 0.1) is 0 Å². The third-order valence-corrected chi connectivity index (χ3v) is 6.28. The molecule has 2 atom stereocenters. The number of nitrogen functional groups attached to an aromatic ring is 1. The highest BCUT2D eigenvalue weighted by Crippen LogP contribution is 2.38. The van der Waals surface area contributed by atoms with Crippen LogP contribution >= 0.6 is 11.6 Å². The van der Waals surface area contributed by atoms with Crippen LogP contribution in [0.5, 0.6) is 0 Å². The molecule has 1 fully saturated rings. The first kappa shape index (κ1) is 22.1. The van der Waals surface area contributed by atoms with E-state index in [0.29, 0.717) is 47.3 Å². The zero-order chi connectivity index (χ0) is 23.8. The van der Waals surface area contributed by atoms with Crippen molar-refractivity contribution in [3.8, 4) is 11.4 Å². The Labute approximate surface area is 201 Å². The van der Waals surface area contributed by atoms with Gasteiger partial charge in [-0.1, -0.05) is 23.8 Å². The molecule has 10 heteroatoms. The van der Waals surface area contributed by atoms with Crippen molar-refractivity contribution in [2.45, 2.75) is 25.6 Å². The molecular formula is C24H23ClFN7O. The van der Waals surface area contributed by atoms with Gasteiger partial charge >= 0.3 is 6.03 Å². The fourth-order valence-corrected chi connectivity index (χ4v) is 4.46. The highest BCUT2D eigenvalue weighted by molar-refractivity contribution is 6.30. The minimum atomic E-state index is -1.44. The Morgan fingerprint density at radius 1 is 1.18 bits per heavy atom. The molecule has 0 saturated carbocycles. The number of hydrogen-bond donors (Lipinski definition) is 1. The third kappa shape index (κ3) is 3.92. The van der Waals surface area contributed by atoms with Crippen molar-refractivity contribution in [1.29, 1.82) is 0 Å². The highest BCUT2D eigenvalue weighted by Gasteiger charge is 2.39. The van der Waals surface area contributed by atoms with E-state index in [0.717, 1.165) is 5.69 Å². The molecule has 2 unspecified atom stereocenters. The number of nitrogens with zero attached hydrogens (tertiary/aromatic N) is 6. The largest absolute Gasteiger partial charge is 0.368 e. The van der Waals surface area contributed by atoms with Gasteiger partial charge in [-0.3, -0.25) is 14.5 Å². The van der Waals surface area contributed by atoms with Crippen molar-refractivity contribution in [1.82, 2.24) is 24.6 Å². The number of aromatic nitrogens is 4. The molecule has 1 saturated heterocycles. The van der Waals surface area contributed by atoms with Gasteiger partial charge in [0, 0.05) is 54.2 Å². The summed E-state index contributed by atoms with van der Waals surface area (Å²) in [6.07, 6.45) is 7.18. The number of aryl methyl sites for hydroxylation is 1. The Hall–Kier alpha value is -3.72. The lowest BCUT2D eigenvalue weighted by atomic mass is 9.88. The number of benzene rings is 1. The number of halogens is 2. The summed E-state index contributed by atoms with van der Waals surface area (Å²) in [6.45, 7) is 3.42. The van der Waals surface area contributed by atoms with Gasteiger partial charge in [-0.05, 0) is 43.3 Å². The molecule has 0 spiro atoms. The molecule has 3 aromatic rings. The molecule has 34 heavy (non-hydrogen) atoms. The number of allylic oxidation sites excluding steroid dienone is 4. The van der Waals surface area contributed by atoms with E-state index >= 15 is 4.39 Å². The van der Waals surface area contributed by atoms with E-state index < -0.39 is 12.1 Å². The van der Waals surface area contributed by atoms with Crippen molar-refractivity contribution >= 4 is 29.3 Å². The summed E-state index contributed by atoms with van der Waals surface area (Å²) < 4.78 is 17.8. The number of hydrogen-bond acceptors (Lipinski definition) is 5. The molecule has 0 bridgehead atoms. The van der Waals surface area contributed by atoms with E-state index in [4.69, 9.17) is 17.3 Å². The summed E-state index contributed by atoms with van der Waals surface area (Å²) in [7, 11) is 0. The van der Waals surface area contributed by atoms with Crippen LogP contribution < -0.4 is 10.6 Å². The van der Waals surface area contributed by atoms with Crippen molar-refractivity contribution in [2.75, 3.05) is 23.7 Å². The highest BCUT2D eigenvalue weighted by atomic mass is 35.5. The summed E-state index contributed by atoms with van der Waals surface area (Å²) >= 11 is 5.97. The number of carbonyl (C=O) groups excluding carboxylic acids is 1. The molecule has 2 amide bonds. The Balaban J connectivity index is 1.44. The summed E-state index contributed by atoms with van der Waals surface area (Å²) in [5, 5.41) is 5.19. The molecule has 2 aliphatic rings. The second kappa shape index (κ2) is 8.90. The smallest absolute Gasteiger partial charge is 0.328 e. The first-order valence-electron chi connectivity index (χ1n) is 11.0. The Kier molecular flexibility index (Phi) is 5.79. The summed E-state index contributed by atoms with van der Waals surface area (Å²) in [4.78, 5) is 24.5. The van der Waals surface area contributed by atoms with Gasteiger partial charge < -0.3 is 5.73 Å². The molecular weight excluding hydrogens is 457 g/mol. The normalized spacial score (nSPS) is 20.2. The molecule has 1 aliphatic carbocycles. The number of urea groups is 1. The van der Waals surface area contributed by atoms with Crippen LogP contribution in [0.15, 0.2) is 66.7 Å². The lowest BCUT2D eigenvalue weighted by molar-refractivity contribution is 0.217. The minimum Gasteiger partial charge on any atom is -0.368 e. The molecule has 8 nitrogen and oxygen atoms in total. The number of rotatable bonds is 5. The van der Waals surface area contributed by atoms with Gasteiger partial charge in [0.1, 0.15) is 5.69 Å². The van der Waals surface area contributed by atoms with Gasteiger partial charge in [0.25, 0.3) is 0 Å². The van der Waals surface area contributed by atoms with E-state index in [-0.39, 0.29) is 12.0 Å². The van der Waals surface area contributed by atoms with E-state index in [1.807, 2.05) is 13.1 Å². The SMILES string of the molecule is CCn1cc(C2C=CC=C(N3CCN(c4ccc(Cl)cc4)C3=O)C2F)c(-c2ccnc(N)n2)n1. The standard InChI is InChI=1S/C24H23ClFN7O/c1-2-31-14-18(22(30-31)19-10-11-28-23(27)29-19)17-4-3-5-20(21(17)26)33-13-12-32(24(33)34)16-8-6-15(25)7-9-16/h3-11,14,17,21H,2,12-13H2,1H3,(H2,27,28,29). The zero-order valence-electron chi connectivity index (χ0n) is 18.5. The molecule has 2 aromatic heterocycles. The summed E-state index contributed by atoms with van der Waals surface area (Å²) in [6, 6.07) is 8.47. The van der Waals surface area contributed by atoms with Gasteiger partial charge in [0.2, 0.25) is 5.95 Å². The maximum Gasteiger partial charge on any atom is 0.328 e. The topological polar surface area (TPSA) is 93.2 Å². The molecule has 1 aromatic carbocycles. The molecule has 0 radical (unpaired) electrons. The van der Waals surface area contributed by atoms with E-state index in [1.54, 1.807) is 64.3 Å². The van der Waals surface area contributed by atoms with E-state index in [2.05, 4.69) is 15.1 Å². The van der Waals surface area contributed by atoms with Crippen LogP contribution in [0.4, 0.5) is 20.8 Å². The van der Waals surface area contributed by atoms with Gasteiger partial charge in [-0.15, -0.1) is 0 Å². The quantitative estimate of drug-likeness (QED) is 0.585. The number of carbonyl (C=O) groups is 1. The van der Waals surface area contributed by atoms with E-state index in [1.165, 1.54) is 4.90 Å². The van der Waals surface area contributed by atoms with Crippen LogP contribution in [0.25, 0.3) is 11.4 Å². The fourth-order valence-electron chi connectivity index (χ4n) is 4.33. The molecule has 174 valence electrons. The molecule has 2 N–H and O–H groups in total. The van der Waals surface area contributed by atoms with Gasteiger partial charge in [0.05, 0.1) is 11.4 Å². The second-order valence-corrected chi connectivity index (χ2v) is 8.49. The fraction of sp³-hybridized carbons (Fsp3) is 0.250. The van der Waals surface area contributed by atoms with Gasteiger partial charge in [-0.25, -0.2) is 19.2 Å². The first-order valence-corrected chi connectivity index (χ1v) is 11.4. The monoisotopic (exact) mass is 479 g/mol. The second-order valence-electron chi connectivity index (χ2n) is 8.06. The Morgan fingerprint density at radius 2 is 1.94 bits per heavy atom. The summed E-state index contributed by atoms with van der Waals surface area (Å²) in [5.41, 5.74) is 8.57. The van der Waals surface area contributed by atoms with Gasteiger partial charge in [-0.2, -0.15) is 5.10 Å². The maximum absolute atomic E-state index is 16.1. The van der Waals surface area contributed by atoms with Crippen molar-refractivity contribution in [3.05, 3.63) is 77.2 Å². The lowest BCUT2D eigenvalue weighted by Gasteiger charge is -2.29. The average molecular weight is 480 g/mol. The number of nitrogens with two attached hydrogens (primary N) is 1. The summed E-state index contributed by atoms with van der Waals surface area (Å²) in [5.74, 6) is -0.514. The van der Waals surface area contributed by atoms with Crippen molar-refractivity contribution in [2.24, 2.45) is 0 Å². The van der Waals surface area contributed by atoms with Crippen molar-refractivity contribution in [3.63, 3.8) is 0 Å². The maximum atomic E-state index is 16.1. The molecule has 3 heterocycles. The minimum absolute atomic E-state index is 0.121. The van der Waals surface area contributed by atoms with Crippen LogP contribution in [0.1, 0.15) is 18.4 Å². The predicted molar refractivity (Wildman–Crippen MR) is 129 cm³/mol. The zero-order valence-corrected chi connectivity index (χ0v) is 19.2. The third-order valence-electron chi connectivity index (χ3n) is 6.03. The van der Waals surface area contributed by atoms with Crippen LogP contribution in [0.2, 0.25) is 5.02 Å². The number of amides is 2. The average Bonchev–Trinajstić information content (AvgIpc) is 3.44. The van der Waals surface area contributed by atoms with Crippen LogP contribution in [0.3, 0.4) is 0 Å².